The number of hydrogen-bond donors (Lipinski definition) is 1. The van der Waals surface area contributed by atoms with Crippen molar-refractivity contribution < 1.29 is 33.3 Å². The zero-order valence-electron chi connectivity index (χ0n) is 25.8. The summed E-state index contributed by atoms with van der Waals surface area (Å²) in [7, 11) is 4.28. The van der Waals surface area contributed by atoms with E-state index in [2.05, 4.69) is 0 Å². The van der Waals surface area contributed by atoms with Crippen LogP contribution in [0.2, 0.25) is 0 Å². The zero-order valence-corrected chi connectivity index (χ0v) is 25.8. The number of carbonyl (C=O) groups is 2. The maximum absolute atomic E-state index is 13.2. The van der Waals surface area contributed by atoms with Gasteiger partial charge < -0.3 is 29.4 Å². The molecule has 5 atom stereocenters. The predicted molar refractivity (Wildman–Crippen MR) is 166 cm³/mol. The number of carbonyl (C=O) groups excluding carboxylic acids is 2. The van der Waals surface area contributed by atoms with E-state index in [9.17, 15) is 9.59 Å². The maximum atomic E-state index is 13.2. The zero-order chi connectivity index (χ0) is 31.2. The normalized spacial score (nSPS) is 23.4. The molecule has 5 rings (SSSR count). The molecule has 0 aliphatic heterocycles. The fourth-order valence-corrected chi connectivity index (χ4v) is 7.13. The Kier molecular flexibility index (Phi) is 10.0. The summed E-state index contributed by atoms with van der Waals surface area (Å²) in [6, 6.07) is 27.5. The van der Waals surface area contributed by atoms with Gasteiger partial charge in [0.05, 0.1) is 46.8 Å². The van der Waals surface area contributed by atoms with Gasteiger partial charge in [0.2, 0.25) is 0 Å². The molecule has 8 nitrogen and oxygen atoms in total. The molecule has 2 saturated carbocycles. The van der Waals surface area contributed by atoms with Gasteiger partial charge in [0.15, 0.2) is 5.41 Å². The van der Waals surface area contributed by atoms with Crippen molar-refractivity contribution in [2.75, 3.05) is 21.3 Å². The van der Waals surface area contributed by atoms with E-state index in [-0.39, 0.29) is 18.1 Å². The van der Waals surface area contributed by atoms with Crippen LogP contribution < -0.4 is 10.5 Å². The monoisotopic (exact) mass is 601 g/mol. The molecular weight excluding hydrogens is 558 g/mol. The average molecular weight is 602 g/mol. The van der Waals surface area contributed by atoms with Gasteiger partial charge in [0, 0.05) is 12.0 Å². The van der Waals surface area contributed by atoms with Gasteiger partial charge in [-0.2, -0.15) is 0 Å². The van der Waals surface area contributed by atoms with E-state index in [0.717, 1.165) is 22.4 Å². The molecule has 8 heteroatoms. The van der Waals surface area contributed by atoms with Gasteiger partial charge in [-0.25, -0.2) is 0 Å². The molecule has 0 bridgehead atoms. The first-order valence-corrected chi connectivity index (χ1v) is 15.2. The van der Waals surface area contributed by atoms with Crippen LogP contribution in [0.1, 0.15) is 42.4 Å². The van der Waals surface area contributed by atoms with Crippen molar-refractivity contribution in [1.29, 1.82) is 0 Å². The summed E-state index contributed by atoms with van der Waals surface area (Å²) in [6.45, 7) is 0.809. The van der Waals surface area contributed by atoms with Gasteiger partial charge in [-0.05, 0) is 66.3 Å². The van der Waals surface area contributed by atoms with Gasteiger partial charge >= 0.3 is 11.9 Å². The van der Waals surface area contributed by atoms with Crippen molar-refractivity contribution in [2.24, 2.45) is 22.5 Å². The van der Waals surface area contributed by atoms with Crippen molar-refractivity contribution in [1.82, 2.24) is 0 Å². The van der Waals surface area contributed by atoms with Crippen LogP contribution >= 0.6 is 0 Å². The number of methoxy groups -OCH3 is 3. The smallest absolute Gasteiger partial charge is 0.323 e. The van der Waals surface area contributed by atoms with E-state index in [1.165, 1.54) is 14.2 Å². The summed E-state index contributed by atoms with van der Waals surface area (Å²) in [5.74, 6) is -0.508. The highest BCUT2D eigenvalue weighted by molar-refractivity contribution is 6.05. The highest BCUT2D eigenvalue weighted by Crippen LogP contribution is 2.72. The molecule has 0 unspecified atom stereocenters. The van der Waals surface area contributed by atoms with Crippen molar-refractivity contribution in [2.45, 2.75) is 63.6 Å². The van der Waals surface area contributed by atoms with Crippen molar-refractivity contribution in [3.8, 4) is 5.75 Å². The van der Waals surface area contributed by atoms with E-state index >= 15 is 0 Å². The van der Waals surface area contributed by atoms with Gasteiger partial charge in [0.25, 0.3) is 0 Å². The Morgan fingerprint density at radius 1 is 0.818 bits per heavy atom. The van der Waals surface area contributed by atoms with E-state index in [1.807, 2.05) is 84.9 Å². The summed E-state index contributed by atoms with van der Waals surface area (Å²) in [5.41, 5.74) is 8.26. The minimum atomic E-state index is -1.33. The Hall–Kier alpha value is -3.72. The number of nitrogens with two attached hydrogens (primary N) is 1. The minimum Gasteiger partial charge on any atom is -0.497 e. The molecule has 0 heterocycles. The van der Waals surface area contributed by atoms with Gasteiger partial charge in [-0.15, -0.1) is 0 Å². The third-order valence-corrected chi connectivity index (χ3v) is 9.53. The molecule has 0 amide bonds. The Morgan fingerprint density at radius 2 is 1.41 bits per heavy atom. The van der Waals surface area contributed by atoms with Crippen molar-refractivity contribution in [3.63, 3.8) is 0 Å². The minimum absolute atomic E-state index is 0.194. The average Bonchev–Trinajstić information content (AvgIpc) is 3.72. The molecule has 0 radical (unpaired) electrons. The first-order chi connectivity index (χ1) is 21.4. The molecule has 234 valence electrons. The van der Waals surface area contributed by atoms with Crippen LogP contribution in [-0.2, 0) is 48.2 Å². The summed E-state index contributed by atoms with van der Waals surface area (Å²) in [4.78, 5) is 26.3. The molecule has 3 aromatic carbocycles. The van der Waals surface area contributed by atoms with E-state index < -0.39 is 28.9 Å². The Morgan fingerprint density at radius 3 is 1.98 bits per heavy atom. The maximum Gasteiger partial charge on any atom is 0.323 e. The van der Waals surface area contributed by atoms with E-state index in [1.54, 1.807) is 7.11 Å². The van der Waals surface area contributed by atoms with Crippen LogP contribution in [0.4, 0.5) is 0 Å². The first-order valence-electron chi connectivity index (χ1n) is 15.2. The Labute approximate surface area is 259 Å². The Balaban J connectivity index is 1.47. The summed E-state index contributed by atoms with van der Waals surface area (Å²) >= 11 is 0. The van der Waals surface area contributed by atoms with Crippen LogP contribution in [0.15, 0.2) is 84.9 Å². The second-order valence-electron chi connectivity index (χ2n) is 12.1. The fraction of sp³-hybridized carbons (Fsp3) is 0.444. The largest absolute Gasteiger partial charge is 0.497 e. The molecule has 1 spiro atoms. The Bertz CT molecular complexity index is 1360. The molecule has 2 N–H and O–H groups in total. The molecular formula is C36H43NO7. The van der Waals surface area contributed by atoms with E-state index in [0.29, 0.717) is 45.3 Å². The standard InChI is InChI=1S/C36H43NO7/c1-40-28-16-14-25(15-17-28)20-30(37)32(44-23-27-12-8-5-9-13-27)29-21-35(24-36(35,33(38)41-2)34(39)42-3)19-18-31(29)43-22-26-10-6-4-7-11-26/h4-17,29-32H,18-24,37H2,1-3H3/t29-,30-,31-,32-,35-/m0/s1. The predicted octanol–water partition coefficient (Wildman–Crippen LogP) is 5.26. The third-order valence-electron chi connectivity index (χ3n) is 9.53. The molecule has 44 heavy (non-hydrogen) atoms. The molecule has 0 saturated heterocycles. The van der Waals surface area contributed by atoms with Crippen LogP contribution in [0.5, 0.6) is 5.75 Å². The molecule has 2 fully saturated rings. The van der Waals surface area contributed by atoms with Crippen LogP contribution in [0.3, 0.4) is 0 Å². The number of ether oxygens (including phenoxy) is 5. The lowest BCUT2D eigenvalue weighted by Gasteiger charge is -2.43. The number of benzene rings is 3. The van der Waals surface area contributed by atoms with Crippen LogP contribution in [0, 0.1) is 16.7 Å². The molecule has 3 aromatic rings. The number of hydrogen-bond acceptors (Lipinski definition) is 8. The highest BCUT2D eigenvalue weighted by atomic mass is 16.5. The number of esters is 2. The lowest BCUT2D eigenvalue weighted by atomic mass is 9.69. The lowest BCUT2D eigenvalue weighted by molar-refractivity contribution is -0.167. The molecule has 2 aliphatic carbocycles. The van der Waals surface area contributed by atoms with Crippen molar-refractivity contribution in [3.05, 3.63) is 102 Å². The molecule has 2 aliphatic rings. The van der Waals surface area contributed by atoms with Gasteiger partial charge in [-0.1, -0.05) is 72.8 Å². The van der Waals surface area contributed by atoms with Crippen molar-refractivity contribution >= 4 is 11.9 Å². The fourth-order valence-electron chi connectivity index (χ4n) is 7.13. The first kappa shape index (κ1) is 31.7. The second-order valence-corrected chi connectivity index (χ2v) is 12.1. The summed E-state index contributed by atoms with van der Waals surface area (Å²) in [5, 5.41) is 0. The topological polar surface area (TPSA) is 106 Å². The summed E-state index contributed by atoms with van der Waals surface area (Å²) < 4.78 is 29.0. The SMILES string of the molecule is COC(=O)C1(C(=O)OC)C[C@@]12CC[C@H](OCc1ccccc1)[C@@H]([C@H](OCc1ccccc1)[C@@H](N)Cc1ccc(OC)cc1)C2. The van der Waals surface area contributed by atoms with Crippen LogP contribution in [-0.4, -0.2) is 51.5 Å². The number of rotatable bonds is 13. The third kappa shape index (κ3) is 6.53. The van der Waals surface area contributed by atoms with Gasteiger partial charge in [0.1, 0.15) is 5.75 Å². The van der Waals surface area contributed by atoms with Gasteiger partial charge in [-0.3, -0.25) is 9.59 Å². The second kappa shape index (κ2) is 13.9. The highest BCUT2D eigenvalue weighted by Gasteiger charge is 2.79. The van der Waals surface area contributed by atoms with Crippen LogP contribution in [0.25, 0.3) is 0 Å². The molecule has 0 aromatic heterocycles. The lowest BCUT2D eigenvalue weighted by Crippen LogP contribution is -2.51. The van der Waals surface area contributed by atoms with E-state index in [4.69, 9.17) is 29.4 Å². The quantitative estimate of drug-likeness (QED) is 0.209. The summed E-state index contributed by atoms with van der Waals surface area (Å²) in [6.07, 6.45) is 2.12.